The van der Waals surface area contributed by atoms with Crippen LogP contribution in [0.4, 0.5) is 14.3 Å². The third-order valence-corrected chi connectivity index (χ3v) is 4.90. The number of carbonyl (C=O) groups excluding carboxylic acids is 2. The molecule has 0 unspecified atom stereocenters. The molecule has 0 atom stereocenters. The molecule has 0 radical (unpaired) electrons. The molecule has 9 nitrogen and oxygen atoms in total. The summed E-state index contributed by atoms with van der Waals surface area (Å²) in [5.74, 6) is -0.773. The Kier molecular flexibility index (Phi) is 7.82. The van der Waals surface area contributed by atoms with Crippen molar-refractivity contribution in [1.29, 1.82) is 0 Å². The standard InChI is InChI=1S/C19H18ClFN6O3S/c1-30-9-15-14(6-16(20)27-26-15)17(28)22-8-13-10-31-19(24-13)25-18(29)23-7-11-3-2-4-12(21)5-11/h2-6,10H,7-9H2,1H3,(H,22,28)(H2,23,24,25,29). The summed E-state index contributed by atoms with van der Waals surface area (Å²) in [7, 11) is 1.48. The second-order valence-corrected chi connectivity index (χ2v) is 7.47. The molecule has 2 heterocycles. The molecule has 162 valence electrons. The average Bonchev–Trinajstić information content (AvgIpc) is 3.19. The van der Waals surface area contributed by atoms with E-state index in [0.29, 0.717) is 22.1 Å². The summed E-state index contributed by atoms with van der Waals surface area (Å²) in [6, 6.07) is 6.88. The lowest BCUT2D eigenvalue weighted by atomic mass is 10.2. The van der Waals surface area contributed by atoms with Crippen molar-refractivity contribution < 1.29 is 18.7 Å². The number of benzene rings is 1. The number of urea groups is 1. The van der Waals surface area contributed by atoms with Crippen LogP contribution in [0.1, 0.15) is 27.3 Å². The summed E-state index contributed by atoms with van der Waals surface area (Å²) in [5, 5.41) is 17.7. The number of amides is 3. The number of carbonyl (C=O) groups is 2. The van der Waals surface area contributed by atoms with Crippen molar-refractivity contribution in [1.82, 2.24) is 25.8 Å². The van der Waals surface area contributed by atoms with Gasteiger partial charge >= 0.3 is 6.03 Å². The summed E-state index contributed by atoms with van der Waals surface area (Å²) < 4.78 is 18.2. The quantitative estimate of drug-likeness (QED) is 0.471. The molecule has 0 saturated carbocycles. The first-order valence-corrected chi connectivity index (χ1v) is 10.2. The van der Waals surface area contributed by atoms with Gasteiger partial charge in [-0.1, -0.05) is 23.7 Å². The SMILES string of the molecule is COCc1nnc(Cl)cc1C(=O)NCc1csc(NC(=O)NCc2cccc(F)c2)n1. The molecule has 0 fully saturated rings. The van der Waals surface area contributed by atoms with E-state index in [4.69, 9.17) is 16.3 Å². The summed E-state index contributed by atoms with van der Waals surface area (Å²) in [4.78, 5) is 28.7. The van der Waals surface area contributed by atoms with Crippen molar-refractivity contribution in [3.63, 3.8) is 0 Å². The fraction of sp³-hybridized carbons (Fsp3) is 0.211. The summed E-state index contributed by atoms with van der Waals surface area (Å²) >= 11 is 7.04. The van der Waals surface area contributed by atoms with E-state index in [-0.39, 0.29) is 36.2 Å². The Labute approximate surface area is 186 Å². The number of aromatic nitrogens is 3. The van der Waals surface area contributed by atoms with Crippen LogP contribution < -0.4 is 16.0 Å². The van der Waals surface area contributed by atoms with Crippen LogP contribution in [0.25, 0.3) is 0 Å². The summed E-state index contributed by atoms with van der Waals surface area (Å²) in [5.41, 5.74) is 1.81. The first kappa shape index (κ1) is 22.5. The van der Waals surface area contributed by atoms with E-state index < -0.39 is 11.9 Å². The average molecular weight is 465 g/mol. The van der Waals surface area contributed by atoms with Crippen LogP contribution in [0.3, 0.4) is 0 Å². The number of anilines is 1. The number of methoxy groups -OCH3 is 1. The fourth-order valence-electron chi connectivity index (χ4n) is 2.52. The fourth-order valence-corrected chi connectivity index (χ4v) is 3.37. The van der Waals surface area contributed by atoms with E-state index in [1.807, 2.05) is 0 Å². The van der Waals surface area contributed by atoms with E-state index in [9.17, 15) is 14.0 Å². The minimum Gasteiger partial charge on any atom is -0.378 e. The van der Waals surface area contributed by atoms with Gasteiger partial charge in [-0.2, -0.15) is 5.10 Å². The highest BCUT2D eigenvalue weighted by atomic mass is 35.5. The first-order chi connectivity index (χ1) is 14.9. The lowest BCUT2D eigenvalue weighted by Crippen LogP contribution is -2.28. The molecule has 2 aromatic heterocycles. The molecular formula is C19H18ClFN6O3S. The second kappa shape index (κ2) is 10.8. The normalized spacial score (nSPS) is 10.5. The third kappa shape index (κ3) is 6.67. The predicted octanol–water partition coefficient (Wildman–Crippen LogP) is 3.12. The van der Waals surface area contributed by atoms with Gasteiger partial charge in [-0.05, 0) is 23.8 Å². The van der Waals surface area contributed by atoms with Crippen molar-refractivity contribution in [3.8, 4) is 0 Å². The topological polar surface area (TPSA) is 118 Å². The Morgan fingerprint density at radius 1 is 1.19 bits per heavy atom. The monoisotopic (exact) mass is 464 g/mol. The Balaban J connectivity index is 1.51. The van der Waals surface area contributed by atoms with Crippen molar-refractivity contribution in [2.45, 2.75) is 19.7 Å². The molecule has 0 saturated heterocycles. The van der Waals surface area contributed by atoms with Crippen LogP contribution in [0.5, 0.6) is 0 Å². The van der Waals surface area contributed by atoms with Gasteiger partial charge in [-0.3, -0.25) is 10.1 Å². The highest BCUT2D eigenvalue weighted by molar-refractivity contribution is 7.13. The van der Waals surface area contributed by atoms with E-state index >= 15 is 0 Å². The number of rotatable bonds is 8. The second-order valence-electron chi connectivity index (χ2n) is 6.22. The highest BCUT2D eigenvalue weighted by Crippen LogP contribution is 2.16. The van der Waals surface area contributed by atoms with Crippen LogP contribution in [-0.4, -0.2) is 34.2 Å². The minimum atomic E-state index is -0.476. The van der Waals surface area contributed by atoms with Gasteiger partial charge < -0.3 is 15.4 Å². The van der Waals surface area contributed by atoms with Gasteiger partial charge in [0.25, 0.3) is 5.91 Å². The molecule has 0 spiro atoms. The molecule has 3 rings (SSSR count). The Morgan fingerprint density at radius 3 is 2.81 bits per heavy atom. The number of thiazole rings is 1. The zero-order valence-electron chi connectivity index (χ0n) is 16.3. The number of halogens is 2. The number of nitrogens with one attached hydrogen (secondary N) is 3. The van der Waals surface area contributed by atoms with E-state index in [1.54, 1.807) is 17.5 Å². The number of nitrogens with zero attached hydrogens (tertiary/aromatic N) is 3. The molecule has 0 aliphatic heterocycles. The van der Waals surface area contributed by atoms with Crippen LogP contribution in [-0.2, 0) is 24.4 Å². The van der Waals surface area contributed by atoms with Gasteiger partial charge in [-0.25, -0.2) is 14.2 Å². The molecule has 3 aromatic rings. The van der Waals surface area contributed by atoms with Gasteiger partial charge in [0, 0.05) is 19.0 Å². The third-order valence-electron chi connectivity index (χ3n) is 3.91. The summed E-state index contributed by atoms with van der Waals surface area (Å²) in [6.45, 7) is 0.418. The van der Waals surface area contributed by atoms with Gasteiger partial charge in [-0.15, -0.1) is 16.4 Å². The zero-order valence-corrected chi connectivity index (χ0v) is 17.9. The van der Waals surface area contributed by atoms with Crippen molar-refractivity contribution in [3.05, 3.63) is 69.2 Å². The van der Waals surface area contributed by atoms with Crippen molar-refractivity contribution in [2.75, 3.05) is 12.4 Å². The van der Waals surface area contributed by atoms with E-state index in [2.05, 4.69) is 31.1 Å². The van der Waals surface area contributed by atoms with Crippen LogP contribution in [0.2, 0.25) is 5.15 Å². The van der Waals surface area contributed by atoms with Gasteiger partial charge in [0.2, 0.25) is 0 Å². The molecule has 3 N–H and O–H groups in total. The van der Waals surface area contributed by atoms with Gasteiger partial charge in [0.1, 0.15) is 11.5 Å². The maximum Gasteiger partial charge on any atom is 0.321 e. The number of hydrogen-bond acceptors (Lipinski definition) is 7. The molecule has 12 heteroatoms. The lowest BCUT2D eigenvalue weighted by molar-refractivity contribution is 0.0944. The minimum absolute atomic E-state index is 0.0920. The van der Waals surface area contributed by atoms with Crippen molar-refractivity contribution >= 4 is 40.0 Å². The first-order valence-electron chi connectivity index (χ1n) is 8.97. The van der Waals surface area contributed by atoms with Gasteiger partial charge in [0.05, 0.1) is 24.4 Å². The number of hydrogen-bond donors (Lipinski definition) is 3. The maximum atomic E-state index is 13.2. The van der Waals surface area contributed by atoms with Gasteiger partial charge in [0.15, 0.2) is 10.3 Å². The Hall–Kier alpha value is -3.15. The maximum absolute atomic E-state index is 13.2. The van der Waals surface area contributed by atoms with Crippen molar-refractivity contribution in [2.24, 2.45) is 0 Å². The van der Waals surface area contributed by atoms with Crippen LogP contribution in [0.15, 0.2) is 35.7 Å². The van der Waals surface area contributed by atoms with Crippen LogP contribution >= 0.6 is 22.9 Å². The van der Waals surface area contributed by atoms with Crippen LogP contribution in [0, 0.1) is 5.82 Å². The van der Waals surface area contributed by atoms with E-state index in [0.717, 1.165) is 0 Å². The lowest BCUT2D eigenvalue weighted by Gasteiger charge is -2.08. The Bertz CT molecular complexity index is 1080. The molecule has 0 aliphatic carbocycles. The number of ether oxygens (including phenoxy) is 1. The largest absolute Gasteiger partial charge is 0.378 e. The molecule has 1 aromatic carbocycles. The smallest absolute Gasteiger partial charge is 0.321 e. The highest BCUT2D eigenvalue weighted by Gasteiger charge is 2.15. The predicted molar refractivity (Wildman–Crippen MR) is 113 cm³/mol. The zero-order chi connectivity index (χ0) is 22.2. The molecule has 0 aliphatic rings. The molecule has 3 amide bonds. The Morgan fingerprint density at radius 2 is 2.03 bits per heavy atom. The van der Waals surface area contributed by atoms with E-state index in [1.165, 1.54) is 36.6 Å². The molecule has 31 heavy (non-hydrogen) atoms. The molecule has 0 bridgehead atoms. The molecular weight excluding hydrogens is 447 g/mol. The summed E-state index contributed by atoms with van der Waals surface area (Å²) in [6.07, 6.45) is 0.